The lowest BCUT2D eigenvalue weighted by Crippen LogP contribution is -2.45. The van der Waals surface area contributed by atoms with Crippen LogP contribution in [0.3, 0.4) is 0 Å². The fourth-order valence-corrected chi connectivity index (χ4v) is 5.77. The first-order valence-electron chi connectivity index (χ1n) is 11.3. The summed E-state index contributed by atoms with van der Waals surface area (Å²) in [6, 6.07) is 13.0. The van der Waals surface area contributed by atoms with Gasteiger partial charge >= 0.3 is 0 Å². The maximum absolute atomic E-state index is 13.2. The van der Waals surface area contributed by atoms with Gasteiger partial charge in [0.2, 0.25) is 15.9 Å². The molecule has 178 valence electrons. The quantitative estimate of drug-likeness (QED) is 0.665. The fourth-order valence-electron chi connectivity index (χ4n) is 4.24. The van der Waals surface area contributed by atoms with Gasteiger partial charge in [-0.3, -0.25) is 9.69 Å². The summed E-state index contributed by atoms with van der Waals surface area (Å²) < 4.78 is 45.6. The highest BCUT2D eigenvalue weighted by molar-refractivity contribution is 7.89. The van der Waals surface area contributed by atoms with Gasteiger partial charge in [0.1, 0.15) is 5.82 Å². The molecule has 2 fully saturated rings. The van der Waals surface area contributed by atoms with E-state index in [4.69, 9.17) is 4.74 Å². The zero-order valence-corrected chi connectivity index (χ0v) is 19.4. The molecule has 1 amide bonds. The number of nitrogens with zero attached hydrogens (tertiary/aromatic N) is 2. The van der Waals surface area contributed by atoms with Crippen molar-refractivity contribution in [1.29, 1.82) is 0 Å². The van der Waals surface area contributed by atoms with Gasteiger partial charge in [-0.25, -0.2) is 12.8 Å². The number of benzene rings is 2. The van der Waals surface area contributed by atoms with Crippen LogP contribution in [0.25, 0.3) is 0 Å². The number of nitrogens with one attached hydrogen (secondary N) is 1. The molecule has 1 N–H and O–H groups in total. The summed E-state index contributed by atoms with van der Waals surface area (Å²) in [6.45, 7) is 5.19. The van der Waals surface area contributed by atoms with Gasteiger partial charge in [-0.1, -0.05) is 24.3 Å². The molecule has 4 rings (SSSR count). The number of ether oxygens (including phenoxy) is 1. The highest BCUT2D eigenvalue weighted by Gasteiger charge is 2.33. The maximum Gasteiger partial charge on any atom is 0.243 e. The van der Waals surface area contributed by atoms with E-state index in [-0.39, 0.29) is 17.3 Å². The normalized spacial score (nSPS) is 20.5. The number of halogens is 1. The molecule has 1 atom stereocenters. The summed E-state index contributed by atoms with van der Waals surface area (Å²) in [5.41, 5.74) is 2.22. The van der Waals surface area contributed by atoms with Crippen molar-refractivity contribution in [3.63, 3.8) is 0 Å². The van der Waals surface area contributed by atoms with Crippen molar-refractivity contribution in [3.8, 4) is 0 Å². The Labute approximate surface area is 194 Å². The van der Waals surface area contributed by atoms with Gasteiger partial charge in [0.05, 0.1) is 24.0 Å². The molecule has 2 aliphatic rings. The van der Waals surface area contributed by atoms with Crippen molar-refractivity contribution in [2.24, 2.45) is 5.92 Å². The molecule has 0 saturated carbocycles. The largest absolute Gasteiger partial charge is 0.379 e. The van der Waals surface area contributed by atoms with Crippen molar-refractivity contribution < 1.29 is 22.3 Å². The Kier molecular flexibility index (Phi) is 7.75. The standard InChI is InChI=1S/C24H30FN3O4S/c25-22-7-9-23(10-8-22)33(30,31)28-11-1-2-21(18-28)24(29)26-16-19-3-5-20(6-4-19)17-27-12-14-32-15-13-27/h3-10,21H,1-2,11-18H2,(H,26,29)/t21-/m1/s1. The number of carbonyl (C=O) groups is 1. The van der Waals surface area contributed by atoms with E-state index < -0.39 is 21.8 Å². The third-order valence-electron chi connectivity index (χ3n) is 6.21. The number of sulfonamides is 1. The van der Waals surface area contributed by atoms with Crippen molar-refractivity contribution >= 4 is 15.9 Å². The van der Waals surface area contributed by atoms with Crippen LogP contribution in [0.2, 0.25) is 0 Å². The molecule has 0 radical (unpaired) electrons. The highest BCUT2D eigenvalue weighted by atomic mass is 32.2. The molecule has 33 heavy (non-hydrogen) atoms. The smallest absolute Gasteiger partial charge is 0.243 e. The van der Waals surface area contributed by atoms with Crippen molar-refractivity contribution in [3.05, 3.63) is 65.5 Å². The Balaban J connectivity index is 1.29. The van der Waals surface area contributed by atoms with Crippen LogP contribution >= 0.6 is 0 Å². The van der Waals surface area contributed by atoms with Gasteiger partial charge in [0.15, 0.2) is 0 Å². The molecule has 2 heterocycles. The first kappa shape index (κ1) is 23.8. The number of rotatable bonds is 7. The van der Waals surface area contributed by atoms with Crippen LogP contribution in [0.4, 0.5) is 4.39 Å². The molecular formula is C24H30FN3O4S. The summed E-state index contributed by atoms with van der Waals surface area (Å²) in [7, 11) is -3.75. The van der Waals surface area contributed by atoms with Crippen LogP contribution in [-0.4, -0.2) is 62.9 Å². The highest BCUT2D eigenvalue weighted by Crippen LogP contribution is 2.24. The molecule has 0 aromatic heterocycles. The second kappa shape index (κ2) is 10.7. The maximum atomic E-state index is 13.2. The first-order chi connectivity index (χ1) is 15.9. The van der Waals surface area contributed by atoms with Gasteiger partial charge in [-0.05, 0) is 48.2 Å². The summed E-state index contributed by atoms with van der Waals surface area (Å²) in [4.78, 5) is 15.2. The molecule has 2 aliphatic heterocycles. The molecule has 2 saturated heterocycles. The summed E-state index contributed by atoms with van der Waals surface area (Å²) >= 11 is 0. The van der Waals surface area contributed by atoms with Gasteiger partial charge in [-0.2, -0.15) is 4.31 Å². The Bertz CT molecular complexity index is 1040. The minimum Gasteiger partial charge on any atom is -0.379 e. The Morgan fingerprint density at radius 2 is 1.67 bits per heavy atom. The second-order valence-electron chi connectivity index (χ2n) is 8.58. The lowest BCUT2D eigenvalue weighted by atomic mass is 9.98. The minimum atomic E-state index is -3.75. The Morgan fingerprint density at radius 3 is 2.36 bits per heavy atom. The Hall–Kier alpha value is -2.33. The molecule has 0 bridgehead atoms. The summed E-state index contributed by atoms with van der Waals surface area (Å²) in [5.74, 6) is -1.04. The zero-order chi connectivity index (χ0) is 23.3. The number of morpholine rings is 1. The van der Waals surface area contributed by atoms with E-state index in [2.05, 4.69) is 22.3 Å². The summed E-state index contributed by atoms with van der Waals surface area (Å²) in [5, 5.41) is 2.95. The predicted octanol–water partition coefficient (Wildman–Crippen LogP) is 2.38. The average molecular weight is 476 g/mol. The van der Waals surface area contributed by atoms with E-state index in [1.807, 2.05) is 12.1 Å². The molecular weight excluding hydrogens is 445 g/mol. The molecule has 2 aromatic rings. The van der Waals surface area contributed by atoms with Crippen molar-refractivity contribution in [1.82, 2.24) is 14.5 Å². The number of amides is 1. The number of piperidine rings is 1. The second-order valence-corrected chi connectivity index (χ2v) is 10.5. The topological polar surface area (TPSA) is 79.0 Å². The van der Waals surface area contributed by atoms with E-state index in [0.717, 1.165) is 50.5 Å². The van der Waals surface area contributed by atoms with E-state index >= 15 is 0 Å². The molecule has 7 nitrogen and oxygen atoms in total. The zero-order valence-electron chi connectivity index (χ0n) is 18.6. The van der Waals surface area contributed by atoms with Crippen LogP contribution in [0.5, 0.6) is 0 Å². The number of hydrogen-bond donors (Lipinski definition) is 1. The van der Waals surface area contributed by atoms with Crippen molar-refractivity contribution in [2.75, 3.05) is 39.4 Å². The van der Waals surface area contributed by atoms with E-state index in [1.165, 1.54) is 22.0 Å². The SMILES string of the molecule is O=C(NCc1ccc(CN2CCOCC2)cc1)[C@@H]1CCCN(S(=O)(=O)c2ccc(F)cc2)C1. The molecule has 2 aromatic carbocycles. The molecule has 9 heteroatoms. The third kappa shape index (κ3) is 6.17. The van der Waals surface area contributed by atoms with Crippen LogP contribution in [0.1, 0.15) is 24.0 Å². The van der Waals surface area contributed by atoms with Gasteiger partial charge < -0.3 is 10.1 Å². The number of hydrogen-bond acceptors (Lipinski definition) is 5. The third-order valence-corrected chi connectivity index (χ3v) is 8.09. The van der Waals surface area contributed by atoms with Crippen molar-refractivity contribution in [2.45, 2.75) is 30.8 Å². The summed E-state index contributed by atoms with van der Waals surface area (Å²) in [6.07, 6.45) is 1.24. The van der Waals surface area contributed by atoms with Gasteiger partial charge in [0, 0.05) is 39.3 Å². The van der Waals surface area contributed by atoms with Crippen LogP contribution in [0.15, 0.2) is 53.4 Å². The Morgan fingerprint density at radius 1 is 1.00 bits per heavy atom. The minimum absolute atomic E-state index is 0.0436. The van der Waals surface area contributed by atoms with E-state index in [9.17, 15) is 17.6 Å². The predicted molar refractivity (Wildman–Crippen MR) is 122 cm³/mol. The molecule has 0 aliphatic carbocycles. The van der Waals surface area contributed by atoms with Crippen LogP contribution in [0, 0.1) is 11.7 Å². The van der Waals surface area contributed by atoms with Crippen LogP contribution in [-0.2, 0) is 32.6 Å². The monoisotopic (exact) mass is 475 g/mol. The number of carbonyl (C=O) groups excluding carboxylic acids is 1. The fraction of sp³-hybridized carbons (Fsp3) is 0.458. The lowest BCUT2D eigenvalue weighted by Gasteiger charge is -2.31. The first-order valence-corrected chi connectivity index (χ1v) is 12.8. The van der Waals surface area contributed by atoms with Gasteiger partial charge in [-0.15, -0.1) is 0 Å². The molecule has 0 unspecified atom stereocenters. The van der Waals surface area contributed by atoms with Gasteiger partial charge in [0.25, 0.3) is 0 Å². The molecule has 0 spiro atoms. The van der Waals surface area contributed by atoms with Crippen LogP contribution < -0.4 is 5.32 Å². The average Bonchev–Trinajstić information content (AvgIpc) is 2.84. The lowest BCUT2D eigenvalue weighted by molar-refractivity contribution is -0.126. The van der Waals surface area contributed by atoms with E-state index in [1.54, 1.807) is 0 Å². The van der Waals surface area contributed by atoms with E-state index in [0.29, 0.717) is 25.9 Å².